The van der Waals surface area contributed by atoms with Crippen LogP contribution >= 0.6 is 22.6 Å². The zero-order valence-corrected chi connectivity index (χ0v) is 13.2. The van der Waals surface area contributed by atoms with Gasteiger partial charge in [0.05, 0.1) is 10.6 Å². The molecular formula is C13H13IN2O2S. The standard InChI is InChI=1S/C13H13IN2O2S/c1-9-8-10(15)6-7-13(9)19(17,18)16-12-5-3-2-4-11(12)14/h2-8,16H,15H2,1H3. The Hall–Kier alpha value is -1.28. The predicted octanol–water partition coefficient (Wildman–Crippen LogP) is 2.98. The zero-order chi connectivity index (χ0) is 14.0. The summed E-state index contributed by atoms with van der Waals surface area (Å²) < 4.78 is 28.1. The number of hydrogen-bond acceptors (Lipinski definition) is 3. The first-order valence-corrected chi connectivity index (χ1v) is 8.10. The molecule has 0 spiro atoms. The monoisotopic (exact) mass is 388 g/mol. The van der Waals surface area contributed by atoms with E-state index in [1.807, 2.05) is 12.1 Å². The molecule has 0 amide bonds. The molecule has 0 bridgehead atoms. The van der Waals surface area contributed by atoms with Crippen molar-refractivity contribution in [3.63, 3.8) is 0 Å². The Balaban J connectivity index is 2.41. The minimum Gasteiger partial charge on any atom is -0.399 e. The molecule has 0 aromatic heterocycles. The maximum atomic E-state index is 12.3. The summed E-state index contributed by atoms with van der Waals surface area (Å²) in [5, 5.41) is 0. The van der Waals surface area contributed by atoms with Crippen LogP contribution in [-0.4, -0.2) is 8.42 Å². The van der Waals surface area contributed by atoms with Crippen molar-refractivity contribution in [2.75, 3.05) is 10.5 Å². The first kappa shape index (κ1) is 14.1. The summed E-state index contributed by atoms with van der Waals surface area (Å²) >= 11 is 2.09. The van der Waals surface area contributed by atoms with Gasteiger partial charge in [0, 0.05) is 9.26 Å². The van der Waals surface area contributed by atoms with E-state index in [1.54, 1.807) is 31.2 Å². The summed E-state index contributed by atoms with van der Waals surface area (Å²) in [4.78, 5) is 0.237. The third-order valence-electron chi connectivity index (χ3n) is 2.61. The van der Waals surface area contributed by atoms with Gasteiger partial charge in [-0.05, 0) is 65.4 Å². The van der Waals surface area contributed by atoms with Crippen molar-refractivity contribution in [1.29, 1.82) is 0 Å². The highest BCUT2D eigenvalue weighted by molar-refractivity contribution is 14.1. The average molecular weight is 388 g/mol. The molecule has 0 unspecified atom stereocenters. The van der Waals surface area contributed by atoms with Gasteiger partial charge in [-0.3, -0.25) is 4.72 Å². The van der Waals surface area contributed by atoms with Gasteiger partial charge in [0.25, 0.3) is 10.0 Å². The molecule has 0 heterocycles. The predicted molar refractivity (Wildman–Crippen MR) is 85.6 cm³/mol. The highest BCUT2D eigenvalue weighted by atomic mass is 127. The van der Waals surface area contributed by atoms with Crippen molar-refractivity contribution >= 4 is 44.0 Å². The van der Waals surface area contributed by atoms with Crippen molar-refractivity contribution in [3.8, 4) is 0 Å². The summed E-state index contributed by atoms with van der Waals surface area (Å²) in [6, 6.07) is 12.0. The van der Waals surface area contributed by atoms with Gasteiger partial charge >= 0.3 is 0 Å². The van der Waals surface area contributed by atoms with E-state index in [2.05, 4.69) is 27.3 Å². The first-order valence-electron chi connectivity index (χ1n) is 5.53. The van der Waals surface area contributed by atoms with Crippen LogP contribution in [0.1, 0.15) is 5.56 Å². The van der Waals surface area contributed by atoms with E-state index in [1.165, 1.54) is 6.07 Å². The van der Waals surface area contributed by atoms with E-state index in [9.17, 15) is 8.42 Å². The number of rotatable bonds is 3. The van der Waals surface area contributed by atoms with Crippen molar-refractivity contribution in [1.82, 2.24) is 0 Å². The number of nitrogen functional groups attached to an aromatic ring is 1. The van der Waals surface area contributed by atoms with E-state index < -0.39 is 10.0 Å². The highest BCUT2D eigenvalue weighted by Crippen LogP contribution is 2.24. The van der Waals surface area contributed by atoms with Gasteiger partial charge in [-0.1, -0.05) is 12.1 Å². The van der Waals surface area contributed by atoms with Gasteiger partial charge in [-0.25, -0.2) is 8.42 Å². The number of benzene rings is 2. The molecule has 2 aromatic rings. The number of nitrogens with one attached hydrogen (secondary N) is 1. The smallest absolute Gasteiger partial charge is 0.262 e. The summed E-state index contributed by atoms with van der Waals surface area (Å²) in [6.07, 6.45) is 0. The second kappa shape index (κ2) is 5.38. The zero-order valence-electron chi connectivity index (χ0n) is 10.2. The Kier molecular flexibility index (Phi) is 4.00. The van der Waals surface area contributed by atoms with Crippen LogP contribution in [0.15, 0.2) is 47.4 Å². The summed E-state index contributed by atoms with van der Waals surface area (Å²) in [6.45, 7) is 1.72. The van der Waals surface area contributed by atoms with Crippen molar-refractivity contribution < 1.29 is 8.42 Å². The Morgan fingerprint density at radius 2 is 1.84 bits per heavy atom. The first-order chi connectivity index (χ1) is 8.90. The van der Waals surface area contributed by atoms with Crippen LogP contribution in [0.5, 0.6) is 0 Å². The van der Waals surface area contributed by atoms with Crippen LogP contribution in [-0.2, 0) is 10.0 Å². The molecule has 4 nitrogen and oxygen atoms in total. The van der Waals surface area contributed by atoms with Crippen molar-refractivity contribution in [2.24, 2.45) is 0 Å². The van der Waals surface area contributed by atoms with Gasteiger partial charge in [0.2, 0.25) is 0 Å². The minimum absolute atomic E-state index is 0.237. The van der Waals surface area contributed by atoms with Crippen LogP contribution in [0.4, 0.5) is 11.4 Å². The maximum Gasteiger partial charge on any atom is 0.262 e. The Bertz CT molecular complexity index is 714. The summed E-state index contributed by atoms with van der Waals surface area (Å²) in [5.41, 5.74) is 7.37. The fourth-order valence-corrected chi connectivity index (χ4v) is 3.73. The fourth-order valence-electron chi connectivity index (χ4n) is 1.72. The molecule has 0 saturated heterocycles. The second-order valence-electron chi connectivity index (χ2n) is 4.11. The molecule has 6 heteroatoms. The number of nitrogens with two attached hydrogens (primary N) is 1. The molecule has 0 radical (unpaired) electrons. The molecule has 0 atom stereocenters. The largest absolute Gasteiger partial charge is 0.399 e. The van der Waals surface area contributed by atoms with Crippen LogP contribution in [0.3, 0.4) is 0 Å². The van der Waals surface area contributed by atoms with Gasteiger partial charge in [0.15, 0.2) is 0 Å². The maximum absolute atomic E-state index is 12.3. The molecule has 100 valence electrons. The molecule has 3 N–H and O–H groups in total. The highest BCUT2D eigenvalue weighted by Gasteiger charge is 2.17. The molecule has 2 rings (SSSR count). The van der Waals surface area contributed by atoms with Gasteiger partial charge in [-0.2, -0.15) is 0 Å². The number of sulfonamides is 1. The van der Waals surface area contributed by atoms with Crippen LogP contribution < -0.4 is 10.5 Å². The van der Waals surface area contributed by atoms with Gasteiger partial charge in [0.1, 0.15) is 0 Å². The molecule has 0 aliphatic rings. The number of anilines is 2. The minimum atomic E-state index is -3.59. The Morgan fingerprint density at radius 1 is 1.16 bits per heavy atom. The lowest BCUT2D eigenvalue weighted by Gasteiger charge is -2.12. The van der Waals surface area contributed by atoms with E-state index in [4.69, 9.17) is 5.73 Å². The number of halogens is 1. The lowest BCUT2D eigenvalue weighted by Crippen LogP contribution is -2.15. The van der Waals surface area contributed by atoms with E-state index in [0.717, 1.165) is 3.57 Å². The van der Waals surface area contributed by atoms with E-state index >= 15 is 0 Å². The Labute approximate surface area is 126 Å². The van der Waals surface area contributed by atoms with Crippen LogP contribution in [0, 0.1) is 10.5 Å². The average Bonchev–Trinajstić information content (AvgIpc) is 2.31. The second-order valence-corrected chi connectivity index (χ2v) is 6.92. The topological polar surface area (TPSA) is 72.2 Å². The quantitative estimate of drug-likeness (QED) is 0.627. The molecule has 0 aliphatic carbocycles. The number of aryl methyl sites for hydroxylation is 1. The third-order valence-corrected chi connectivity index (χ3v) is 5.07. The Morgan fingerprint density at radius 3 is 2.47 bits per heavy atom. The molecule has 2 aromatic carbocycles. The normalized spacial score (nSPS) is 11.3. The number of hydrogen-bond donors (Lipinski definition) is 2. The molecule has 0 fully saturated rings. The van der Waals surface area contributed by atoms with Gasteiger partial charge in [-0.15, -0.1) is 0 Å². The lowest BCUT2D eigenvalue weighted by atomic mass is 10.2. The number of para-hydroxylation sites is 1. The van der Waals surface area contributed by atoms with Gasteiger partial charge < -0.3 is 5.73 Å². The summed E-state index contributed by atoms with van der Waals surface area (Å²) in [5.74, 6) is 0. The SMILES string of the molecule is Cc1cc(N)ccc1S(=O)(=O)Nc1ccccc1I. The third kappa shape index (κ3) is 3.19. The van der Waals surface area contributed by atoms with E-state index in [-0.39, 0.29) is 4.90 Å². The molecule has 0 saturated carbocycles. The molecular weight excluding hydrogens is 375 g/mol. The van der Waals surface area contributed by atoms with Crippen molar-refractivity contribution in [3.05, 3.63) is 51.6 Å². The van der Waals surface area contributed by atoms with Crippen LogP contribution in [0.2, 0.25) is 0 Å². The lowest BCUT2D eigenvalue weighted by molar-refractivity contribution is 0.600. The fraction of sp³-hybridized carbons (Fsp3) is 0.0769. The van der Waals surface area contributed by atoms with E-state index in [0.29, 0.717) is 16.9 Å². The van der Waals surface area contributed by atoms with Crippen LogP contribution in [0.25, 0.3) is 0 Å². The molecule has 19 heavy (non-hydrogen) atoms. The summed E-state index contributed by atoms with van der Waals surface area (Å²) in [7, 11) is -3.59. The molecule has 0 aliphatic heterocycles. The van der Waals surface area contributed by atoms with Crippen molar-refractivity contribution in [2.45, 2.75) is 11.8 Å².